The molecule has 3 nitrogen and oxygen atoms in total. The molecule has 0 aliphatic carbocycles. The molecule has 0 amide bonds. The summed E-state index contributed by atoms with van der Waals surface area (Å²) < 4.78 is 0.965. The van der Waals surface area contributed by atoms with Crippen LogP contribution < -0.4 is 5.32 Å². The van der Waals surface area contributed by atoms with Crippen molar-refractivity contribution in [3.8, 4) is 6.07 Å². The highest BCUT2D eigenvalue weighted by molar-refractivity contribution is 9.10. The Labute approximate surface area is 112 Å². The first-order valence-electron chi connectivity index (χ1n) is 5.01. The van der Waals surface area contributed by atoms with Crippen LogP contribution in [0.25, 0.3) is 0 Å². The number of aryl methyl sites for hydroxylation is 2. The van der Waals surface area contributed by atoms with Gasteiger partial charge in [0.1, 0.15) is 10.9 Å². The van der Waals surface area contributed by atoms with Crippen molar-refractivity contribution < 1.29 is 0 Å². The van der Waals surface area contributed by atoms with Crippen molar-refractivity contribution in [1.29, 1.82) is 5.26 Å². The number of nitrogens with zero attached hydrogens (tertiary/aromatic N) is 2. The number of hydrogen-bond acceptors (Lipinski definition) is 4. The monoisotopic (exact) mass is 307 g/mol. The maximum absolute atomic E-state index is 8.99. The fourth-order valence-electron chi connectivity index (χ4n) is 1.44. The largest absolute Gasteiger partial charge is 0.337 e. The molecular formula is C12H10BrN3S. The molecule has 1 aromatic carbocycles. The standard InChI is InChI=1S/C12H10BrN3S/c1-7-3-4-10(9(13)5-7)16-12-11(6-14)17-8(2)15-12/h3-5,16H,1-2H3. The second kappa shape index (κ2) is 4.86. The van der Waals surface area contributed by atoms with Gasteiger partial charge in [-0.05, 0) is 47.5 Å². The first-order valence-corrected chi connectivity index (χ1v) is 6.62. The number of halogens is 1. The maximum atomic E-state index is 8.99. The summed E-state index contributed by atoms with van der Waals surface area (Å²) in [6.07, 6.45) is 0. The Bertz CT molecular complexity index is 598. The molecule has 1 heterocycles. The molecule has 0 unspecified atom stereocenters. The van der Waals surface area contributed by atoms with Crippen molar-refractivity contribution in [2.75, 3.05) is 5.32 Å². The van der Waals surface area contributed by atoms with Gasteiger partial charge in [0, 0.05) is 4.47 Å². The van der Waals surface area contributed by atoms with Crippen LogP contribution in [0.2, 0.25) is 0 Å². The molecule has 17 heavy (non-hydrogen) atoms. The molecule has 0 bridgehead atoms. The van der Waals surface area contributed by atoms with Gasteiger partial charge in [0.2, 0.25) is 0 Å². The normalized spacial score (nSPS) is 10.0. The number of rotatable bonds is 2. The molecule has 5 heteroatoms. The van der Waals surface area contributed by atoms with Crippen LogP contribution in [0.4, 0.5) is 11.5 Å². The molecule has 0 radical (unpaired) electrons. The maximum Gasteiger partial charge on any atom is 0.159 e. The molecule has 0 fully saturated rings. The quantitative estimate of drug-likeness (QED) is 0.907. The van der Waals surface area contributed by atoms with Gasteiger partial charge in [-0.15, -0.1) is 11.3 Å². The molecule has 0 saturated carbocycles. The third-order valence-corrected chi connectivity index (χ3v) is 3.74. The first-order chi connectivity index (χ1) is 8.10. The van der Waals surface area contributed by atoms with Crippen molar-refractivity contribution in [1.82, 2.24) is 4.98 Å². The van der Waals surface area contributed by atoms with Gasteiger partial charge >= 0.3 is 0 Å². The van der Waals surface area contributed by atoms with Gasteiger partial charge in [-0.1, -0.05) is 6.07 Å². The summed E-state index contributed by atoms with van der Waals surface area (Å²) in [5.74, 6) is 0.625. The van der Waals surface area contributed by atoms with Crippen molar-refractivity contribution in [2.24, 2.45) is 0 Å². The molecule has 0 spiro atoms. The summed E-state index contributed by atoms with van der Waals surface area (Å²) in [6.45, 7) is 3.92. The van der Waals surface area contributed by atoms with E-state index in [1.807, 2.05) is 32.0 Å². The summed E-state index contributed by atoms with van der Waals surface area (Å²) in [7, 11) is 0. The summed E-state index contributed by atoms with van der Waals surface area (Å²) >= 11 is 4.88. The Hall–Kier alpha value is -1.38. The lowest BCUT2D eigenvalue weighted by Crippen LogP contribution is -1.94. The van der Waals surface area contributed by atoms with E-state index in [4.69, 9.17) is 5.26 Å². The summed E-state index contributed by atoms with van der Waals surface area (Å²) in [5.41, 5.74) is 2.09. The molecule has 0 aliphatic heterocycles. The first kappa shape index (κ1) is 12.1. The predicted octanol–water partition coefficient (Wildman–Crippen LogP) is 4.14. The van der Waals surface area contributed by atoms with E-state index in [-0.39, 0.29) is 0 Å². The third-order valence-electron chi connectivity index (χ3n) is 2.21. The van der Waals surface area contributed by atoms with E-state index in [9.17, 15) is 0 Å². The van der Waals surface area contributed by atoms with E-state index in [1.165, 1.54) is 16.9 Å². The van der Waals surface area contributed by atoms with E-state index >= 15 is 0 Å². The number of anilines is 2. The van der Waals surface area contributed by atoms with E-state index in [1.54, 1.807) is 0 Å². The minimum Gasteiger partial charge on any atom is -0.337 e. The Morgan fingerprint density at radius 3 is 2.82 bits per heavy atom. The smallest absolute Gasteiger partial charge is 0.159 e. The minimum absolute atomic E-state index is 0.606. The predicted molar refractivity (Wildman–Crippen MR) is 73.7 cm³/mol. The Morgan fingerprint density at radius 1 is 1.41 bits per heavy atom. The van der Waals surface area contributed by atoms with Crippen LogP contribution in [0.3, 0.4) is 0 Å². The molecule has 0 saturated heterocycles. The zero-order chi connectivity index (χ0) is 12.4. The van der Waals surface area contributed by atoms with Crippen molar-refractivity contribution >= 4 is 38.8 Å². The van der Waals surface area contributed by atoms with Crippen LogP contribution in [-0.2, 0) is 0 Å². The lowest BCUT2D eigenvalue weighted by atomic mass is 10.2. The topological polar surface area (TPSA) is 48.7 Å². The molecular weight excluding hydrogens is 298 g/mol. The highest BCUT2D eigenvalue weighted by Crippen LogP contribution is 2.29. The molecule has 1 aromatic heterocycles. The second-order valence-corrected chi connectivity index (χ2v) is 5.69. The van der Waals surface area contributed by atoms with Crippen molar-refractivity contribution in [3.05, 3.63) is 38.1 Å². The number of nitrogens with one attached hydrogen (secondary N) is 1. The lowest BCUT2D eigenvalue weighted by molar-refractivity contribution is 1.28. The Balaban J connectivity index is 2.35. The Kier molecular flexibility index (Phi) is 3.46. The third kappa shape index (κ3) is 2.65. The van der Waals surface area contributed by atoms with Gasteiger partial charge in [0.25, 0.3) is 0 Å². The lowest BCUT2D eigenvalue weighted by Gasteiger charge is -2.06. The Morgan fingerprint density at radius 2 is 2.18 bits per heavy atom. The van der Waals surface area contributed by atoms with E-state index < -0.39 is 0 Å². The minimum atomic E-state index is 0.606. The highest BCUT2D eigenvalue weighted by atomic mass is 79.9. The highest BCUT2D eigenvalue weighted by Gasteiger charge is 2.09. The van der Waals surface area contributed by atoms with Gasteiger partial charge in [0.05, 0.1) is 10.7 Å². The zero-order valence-electron chi connectivity index (χ0n) is 9.41. The van der Waals surface area contributed by atoms with E-state index in [0.717, 1.165) is 15.2 Å². The van der Waals surface area contributed by atoms with Crippen molar-refractivity contribution in [3.63, 3.8) is 0 Å². The average molecular weight is 308 g/mol. The molecule has 86 valence electrons. The number of nitriles is 1. The second-order valence-electron chi connectivity index (χ2n) is 3.63. The number of hydrogen-bond donors (Lipinski definition) is 1. The number of benzene rings is 1. The molecule has 0 aliphatic rings. The summed E-state index contributed by atoms with van der Waals surface area (Å²) in [5, 5.41) is 13.0. The van der Waals surface area contributed by atoms with Gasteiger partial charge in [0.15, 0.2) is 5.82 Å². The SMILES string of the molecule is Cc1ccc(Nc2nc(C)sc2C#N)c(Br)c1. The van der Waals surface area contributed by atoms with Crippen LogP contribution in [0.1, 0.15) is 15.4 Å². The van der Waals surface area contributed by atoms with Crippen LogP contribution in [0.15, 0.2) is 22.7 Å². The average Bonchev–Trinajstić information content (AvgIpc) is 2.63. The van der Waals surface area contributed by atoms with Gasteiger partial charge in [-0.25, -0.2) is 4.98 Å². The van der Waals surface area contributed by atoms with E-state index in [0.29, 0.717) is 10.7 Å². The zero-order valence-corrected chi connectivity index (χ0v) is 11.8. The van der Waals surface area contributed by atoms with Crippen LogP contribution >= 0.6 is 27.3 Å². The van der Waals surface area contributed by atoms with Crippen molar-refractivity contribution in [2.45, 2.75) is 13.8 Å². The fourth-order valence-corrected chi connectivity index (χ4v) is 2.70. The number of thiazole rings is 1. The van der Waals surface area contributed by atoms with Crippen LogP contribution in [-0.4, -0.2) is 4.98 Å². The summed E-state index contributed by atoms with van der Waals surface area (Å²) in [6, 6.07) is 8.15. The van der Waals surface area contributed by atoms with E-state index in [2.05, 4.69) is 32.3 Å². The van der Waals surface area contributed by atoms with Gasteiger partial charge in [-0.3, -0.25) is 0 Å². The van der Waals surface area contributed by atoms with Gasteiger partial charge < -0.3 is 5.32 Å². The van der Waals surface area contributed by atoms with Crippen LogP contribution in [0, 0.1) is 25.2 Å². The molecule has 1 N–H and O–H groups in total. The molecule has 2 rings (SSSR count). The molecule has 0 atom stereocenters. The molecule has 2 aromatic rings. The fraction of sp³-hybridized carbons (Fsp3) is 0.167. The summed E-state index contributed by atoms with van der Waals surface area (Å²) in [4.78, 5) is 4.91. The number of aromatic nitrogens is 1. The van der Waals surface area contributed by atoms with Gasteiger partial charge in [-0.2, -0.15) is 5.26 Å². The van der Waals surface area contributed by atoms with Crippen LogP contribution in [0.5, 0.6) is 0 Å².